The molecule has 0 heterocycles. The number of benzene rings is 1. The van der Waals surface area contributed by atoms with E-state index in [9.17, 15) is 4.79 Å². The second kappa shape index (κ2) is 6.06. The lowest BCUT2D eigenvalue weighted by molar-refractivity contribution is 0.0632. The maximum Gasteiger partial charge on any atom is 0.253 e. The highest BCUT2D eigenvalue weighted by molar-refractivity contribution is 5.99. The summed E-state index contributed by atoms with van der Waals surface area (Å²) >= 11 is 0. The van der Waals surface area contributed by atoms with E-state index in [1.165, 1.54) is 19.3 Å². The number of carbonyl (C=O) groups is 1. The minimum Gasteiger partial charge on any atom is -0.398 e. The number of nitrogen functional groups attached to an aromatic ring is 1. The normalized spacial score (nSPS) is 16.7. The Kier molecular flexibility index (Phi) is 4.43. The molecule has 0 atom stereocenters. The Hall–Kier alpha value is -1.55. The fourth-order valence-electron chi connectivity index (χ4n) is 2.58. The summed E-state index contributed by atoms with van der Waals surface area (Å²) in [6.07, 6.45) is 4.59. The Balaban J connectivity index is 1.91. The molecule has 3 N–H and O–H groups in total. The molecule has 0 bridgehead atoms. The van der Waals surface area contributed by atoms with Crippen molar-refractivity contribution in [3.05, 3.63) is 29.8 Å². The second-order valence-electron chi connectivity index (χ2n) is 5.37. The highest BCUT2D eigenvalue weighted by Gasteiger charge is 2.36. The smallest absolute Gasteiger partial charge is 0.253 e. The molecule has 1 aliphatic carbocycles. The van der Waals surface area contributed by atoms with E-state index in [0.717, 1.165) is 13.0 Å². The van der Waals surface area contributed by atoms with Gasteiger partial charge in [0.2, 0.25) is 0 Å². The molecule has 1 amide bonds. The minimum absolute atomic E-state index is 0.0817. The molecule has 2 rings (SSSR count). The van der Waals surface area contributed by atoms with Gasteiger partial charge in [0.05, 0.1) is 5.56 Å². The third-order valence-electron chi connectivity index (χ3n) is 4.08. The Morgan fingerprint density at radius 3 is 2.74 bits per heavy atom. The lowest BCUT2D eigenvalue weighted by Crippen LogP contribution is -2.43. The number of carbonyl (C=O) groups excluding carboxylic acids is 1. The predicted octanol–water partition coefficient (Wildman–Crippen LogP) is 2.21. The Bertz CT molecular complexity index is 442. The number of para-hydroxylation sites is 1. The van der Waals surface area contributed by atoms with Crippen molar-refractivity contribution in [3.63, 3.8) is 0 Å². The summed E-state index contributed by atoms with van der Waals surface area (Å²) in [5, 5.41) is 3.02. The van der Waals surface area contributed by atoms with Crippen LogP contribution in [-0.2, 0) is 4.74 Å². The van der Waals surface area contributed by atoms with Crippen LogP contribution in [0.4, 0.5) is 5.69 Å². The highest BCUT2D eigenvalue weighted by Crippen LogP contribution is 2.43. The van der Waals surface area contributed by atoms with Gasteiger partial charge in [0.15, 0.2) is 0 Å². The first kappa shape index (κ1) is 13.9. The van der Waals surface area contributed by atoms with E-state index < -0.39 is 0 Å². The molecule has 4 nitrogen and oxygen atoms in total. The van der Waals surface area contributed by atoms with E-state index in [4.69, 9.17) is 10.5 Å². The van der Waals surface area contributed by atoms with Gasteiger partial charge in [0, 0.05) is 25.9 Å². The molecule has 0 saturated heterocycles. The van der Waals surface area contributed by atoms with Crippen LogP contribution in [0, 0.1) is 5.41 Å². The average Bonchev–Trinajstić information content (AvgIpc) is 2.37. The maximum atomic E-state index is 12.1. The molecule has 0 aliphatic heterocycles. The van der Waals surface area contributed by atoms with Gasteiger partial charge in [-0.1, -0.05) is 18.6 Å². The fraction of sp³-hybridized carbons (Fsp3) is 0.533. The van der Waals surface area contributed by atoms with Crippen LogP contribution >= 0.6 is 0 Å². The standard InChI is InChI=1S/C15H22N2O2/c1-19-10-9-15(7-4-8-15)11-17-14(18)12-5-2-3-6-13(12)16/h2-3,5-6H,4,7-11,16H2,1H3,(H,17,18). The van der Waals surface area contributed by atoms with Gasteiger partial charge >= 0.3 is 0 Å². The number of ether oxygens (including phenoxy) is 1. The second-order valence-corrected chi connectivity index (χ2v) is 5.37. The summed E-state index contributed by atoms with van der Waals surface area (Å²) < 4.78 is 5.15. The van der Waals surface area contributed by atoms with Crippen molar-refractivity contribution in [2.45, 2.75) is 25.7 Å². The highest BCUT2D eigenvalue weighted by atomic mass is 16.5. The zero-order valence-corrected chi connectivity index (χ0v) is 11.4. The van der Waals surface area contributed by atoms with E-state index in [0.29, 0.717) is 17.8 Å². The van der Waals surface area contributed by atoms with Crippen molar-refractivity contribution in [2.24, 2.45) is 5.41 Å². The maximum absolute atomic E-state index is 12.1. The summed E-state index contributed by atoms with van der Waals surface area (Å²) in [5.41, 5.74) is 7.12. The zero-order chi connectivity index (χ0) is 13.7. The van der Waals surface area contributed by atoms with E-state index in [1.807, 2.05) is 12.1 Å². The molecule has 19 heavy (non-hydrogen) atoms. The van der Waals surface area contributed by atoms with Gasteiger partial charge in [-0.05, 0) is 36.8 Å². The third kappa shape index (κ3) is 3.26. The van der Waals surface area contributed by atoms with Gasteiger partial charge in [0.1, 0.15) is 0 Å². The number of rotatable bonds is 6. The molecular formula is C15H22N2O2. The van der Waals surface area contributed by atoms with E-state index in [1.54, 1.807) is 19.2 Å². The van der Waals surface area contributed by atoms with Gasteiger partial charge in [-0.2, -0.15) is 0 Å². The van der Waals surface area contributed by atoms with Crippen molar-refractivity contribution in [1.29, 1.82) is 0 Å². The lowest BCUT2D eigenvalue weighted by atomic mass is 9.66. The van der Waals surface area contributed by atoms with Crippen LogP contribution in [0.2, 0.25) is 0 Å². The van der Waals surface area contributed by atoms with Crippen LogP contribution < -0.4 is 11.1 Å². The summed E-state index contributed by atoms with van der Waals surface area (Å²) in [4.78, 5) is 12.1. The minimum atomic E-state index is -0.0817. The van der Waals surface area contributed by atoms with Crippen LogP contribution in [0.1, 0.15) is 36.0 Å². The third-order valence-corrected chi connectivity index (χ3v) is 4.08. The number of nitrogens with two attached hydrogens (primary N) is 1. The van der Waals surface area contributed by atoms with Crippen LogP contribution in [0.5, 0.6) is 0 Å². The number of hydrogen-bond acceptors (Lipinski definition) is 3. The molecule has 0 radical (unpaired) electrons. The van der Waals surface area contributed by atoms with Gasteiger partial charge in [-0.15, -0.1) is 0 Å². The van der Waals surface area contributed by atoms with E-state index >= 15 is 0 Å². The van der Waals surface area contributed by atoms with Crippen LogP contribution in [-0.4, -0.2) is 26.2 Å². The van der Waals surface area contributed by atoms with E-state index in [-0.39, 0.29) is 11.3 Å². The summed E-state index contributed by atoms with van der Waals surface area (Å²) in [5.74, 6) is -0.0817. The molecule has 104 valence electrons. The van der Waals surface area contributed by atoms with Crippen LogP contribution in [0.25, 0.3) is 0 Å². The first-order valence-corrected chi connectivity index (χ1v) is 6.78. The topological polar surface area (TPSA) is 64.3 Å². The summed E-state index contributed by atoms with van der Waals surface area (Å²) in [6.45, 7) is 1.47. The average molecular weight is 262 g/mol. The largest absolute Gasteiger partial charge is 0.398 e. The number of methoxy groups -OCH3 is 1. The van der Waals surface area contributed by atoms with E-state index in [2.05, 4.69) is 5.32 Å². The Morgan fingerprint density at radius 1 is 1.42 bits per heavy atom. The van der Waals surface area contributed by atoms with Gasteiger partial charge in [-0.25, -0.2) is 0 Å². The monoisotopic (exact) mass is 262 g/mol. The van der Waals surface area contributed by atoms with Crippen molar-refractivity contribution in [1.82, 2.24) is 5.32 Å². The first-order chi connectivity index (χ1) is 9.17. The van der Waals surface area contributed by atoms with Crippen LogP contribution in [0.3, 0.4) is 0 Å². The summed E-state index contributed by atoms with van der Waals surface area (Å²) in [7, 11) is 1.72. The Labute approximate surface area is 114 Å². The first-order valence-electron chi connectivity index (χ1n) is 6.78. The predicted molar refractivity (Wildman–Crippen MR) is 76.0 cm³/mol. The van der Waals surface area contributed by atoms with Crippen molar-refractivity contribution >= 4 is 11.6 Å². The number of nitrogens with one attached hydrogen (secondary N) is 1. The van der Waals surface area contributed by atoms with Gasteiger partial charge in [-0.3, -0.25) is 4.79 Å². The molecule has 1 fully saturated rings. The van der Waals surface area contributed by atoms with Crippen LogP contribution in [0.15, 0.2) is 24.3 Å². The quantitative estimate of drug-likeness (QED) is 0.772. The molecular weight excluding hydrogens is 240 g/mol. The molecule has 0 aromatic heterocycles. The number of anilines is 1. The Morgan fingerprint density at radius 2 is 2.16 bits per heavy atom. The number of amides is 1. The fourth-order valence-corrected chi connectivity index (χ4v) is 2.58. The molecule has 1 aliphatic rings. The van der Waals surface area contributed by atoms with Crippen molar-refractivity contribution in [3.8, 4) is 0 Å². The molecule has 1 saturated carbocycles. The molecule has 1 aromatic rings. The molecule has 1 aromatic carbocycles. The molecule has 4 heteroatoms. The SMILES string of the molecule is COCCC1(CNC(=O)c2ccccc2N)CCC1. The summed E-state index contributed by atoms with van der Waals surface area (Å²) in [6, 6.07) is 7.17. The van der Waals surface area contributed by atoms with Crippen molar-refractivity contribution in [2.75, 3.05) is 26.0 Å². The molecule has 0 spiro atoms. The number of hydrogen-bond donors (Lipinski definition) is 2. The van der Waals surface area contributed by atoms with Crippen molar-refractivity contribution < 1.29 is 9.53 Å². The molecule has 0 unspecified atom stereocenters. The van der Waals surface area contributed by atoms with Gasteiger partial charge < -0.3 is 15.8 Å². The lowest BCUT2D eigenvalue weighted by Gasteiger charge is -2.42. The van der Waals surface area contributed by atoms with Gasteiger partial charge in [0.25, 0.3) is 5.91 Å². The zero-order valence-electron chi connectivity index (χ0n) is 11.4.